The number of aliphatic hydroxyl groups excluding tert-OH is 6. The van der Waals surface area contributed by atoms with Gasteiger partial charge in [-0.25, -0.2) is 9.48 Å². The molecule has 1 aromatic carbocycles. The number of hydrogen-bond donors (Lipinski definition) is 7. The fourth-order valence-corrected chi connectivity index (χ4v) is 8.32. The van der Waals surface area contributed by atoms with Gasteiger partial charge < -0.3 is 68.9 Å². The van der Waals surface area contributed by atoms with E-state index in [1.165, 1.54) is 56.0 Å². The number of unbranched alkanes of at least 4 members (excludes halogenated alkanes) is 10. The molecule has 4 rings (SSSR count). The zero-order valence-corrected chi connectivity index (χ0v) is 42.9. The van der Waals surface area contributed by atoms with Gasteiger partial charge in [-0.3, -0.25) is 0 Å². The van der Waals surface area contributed by atoms with E-state index in [0.29, 0.717) is 44.3 Å². The molecule has 69 heavy (non-hydrogen) atoms. The maximum atomic E-state index is 13.5. The Morgan fingerprint density at radius 2 is 1.16 bits per heavy atom. The van der Waals surface area contributed by atoms with Gasteiger partial charge in [0, 0.05) is 24.2 Å². The van der Waals surface area contributed by atoms with Gasteiger partial charge in [0.25, 0.3) is 0 Å². The summed E-state index contributed by atoms with van der Waals surface area (Å²) in [4.78, 5) is 13.5. The summed E-state index contributed by atoms with van der Waals surface area (Å²) in [5.41, 5.74) is 0.390. The number of aromatic hydroxyl groups is 1. The molecule has 0 unspecified atom stereocenters. The largest absolute Gasteiger partial charge is 0.507 e. The Morgan fingerprint density at radius 1 is 0.652 bits per heavy atom. The van der Waals surface area contributed by atoms with E-state index in [2.05, 4.69) is 31.1 Å². The van der Waals surface area contributed by atoms with Crippen molar-refractivity contribution in [1.29, 1.82) is 0 Å². The van der Waals surface area contributed by atoms with Gasteiger partial charge in [0.1, 0.15) is 72.4 Å². The van der Waals surface area contributed by atoms with Gasteiger partial charge in [0.2, 0.25) is 0 Å². The lowest BCUT2D eigenvalue weighted by Gasteiger charge is -2.44. The number of phenolic OH excluding ortho intramolecular Hbond substituents is 1. The molecule has 0 radical (unpaired) electrons. The lowest BCUT2D eigenvalue weighted by atomic mass is 9.79. The molecular formula is C51H87N3O15. The summed E-state index contributed by atoms with van der Waals surface area (Å²) in [5.74, 6) is -1.17. The number of benzene rings is 1. The number of aliphatic hydroxyl groups is 6. The SMILES string of the molecule is CCCCCCCCOCC(C)(COCCCCCCCC)COCc1cn(C[C@H]2O[C@H](O[C@H]3O[C@H](COC(=O)c4cc(C(C)(C)C)cc(C(C)(C)C)c4O)[C@@H](O)[C@H](O)[C@H]3O)[C@H](O)[C@@H](O)[C@@H]2O)nn1. The van der Waals surface area contributed by atoms with E-state index in [1.54, 1.807) is 12.3 Å². The van der Waals surface area contributed by atoms with E-state index in [1.807, 2.05) is 47.6 Å². The number of phenols is 1. The predicted molar refractivity (Wildman–Crippen MR) is 256 cm³/mol. The van der Waals surface area contributed by atoms with Crippen molar-refractivity contribution in [2.45, 2.75) is 225 Å². The van der Waals surface area contributed by atoms with Crippen molar-refractivity contribution < 1.29 is 73.7 Å². The summed E-state index contributed by atoms with van der Waals surface area (Å²) >= 11 is 0. The lowest BCUT2D eigenvalue weighted by Crippen LogP contribution is -2.63. The number of aromatic nitrogens is 3. The summed E-state index contributed by atoms with van der Waals surface area (Å²) in [6, 6.07) is 3.39. The zero-order chi connectivity index (χ0) is 50.9. The van der Waals surface area contributed by atoms with E-state index in [4.69, 9.17) is 33.2 Å². The Labute approximate surface area is 409 Å². The number of ether oxygens (including phenoxy) is 7. The minimum atomic E-state index is -1.88. The fourth-order valence-electron chi connectivity index (χ4n) is 8.32. The van der Waals surface area contributed by atoms with Crippen LogP contribution in [0.4, 0.5) is 0 Å². The highest BCUT2D eigenvalue weighted by Gasteiger charge is 2.50. The highest BCUT2D eigenvalue weighted by atomic mass is 16.8. The molecule has 2 saturated heterocycles. The molecule has 2 fully saturated rings. The molecular weight excluding hydrogens is 895 g/mol. The smallest absolute Gasteiger partial charge is 0.342 e. The van der Waals surface area contributed by atoms with Crippen LogP contribution in [-0.2, 0) is 57.1 Å². The van der Waals surface area contributed by atoms with Gasteiger partial charge in [-0.2, -0.15) is 0 Å². The van der Waals surface area contributed by atoms with E-state index < -0.39 is 84.8 Å². The fraction of sp³-hybridized carbons (Fsp3) is 0.824. The number of carbonyl (C=O) groups is 1. The topological polar surface area (TPSA) is 254 Å². The van der Waals surface area contributed by atoms with Crippen LogP contribution in [0.5, 0.6) is 5.75 Å². The van der Waals surface area contributed by atoms with Crippen LogP contribution in [0.15, 0.2) is 18.3 Å². The number of rotatable bonds is 29. The Morgan fingerprint density at radius 3 is 1.70 bits per heavy atom. The molecule has 2 aliphatic heterocycles. The summed E-state index contributed by atoms with van der Waals surface area (Å²) in [5, 5.41) is 84.8. The van der Waals surface area contributed by atoms with Crippen LogP contribution in [0.3, 0.4) is 0 Å². The van der Waals surface area contributed by atoms with Gasteiger partial charge in [0.05, 0.1) is 39.2 Å². The number of esters is 1. The minimum absolute atomic E-state index is 0.0998. The molecule has 396 valence electrons. The van der Waals surface area contributed by atoms with Crippen LogP contribution >= 0.6 is 0 Å². The molecule has 10 atom stereocenters. The van der Waals surface area contributed by atoms with Gasteiger partial charge in [-0.15, -0.1) is 5.10 Å². The van der Waals surface area contributed by atoms with Crippen molar-refractivity contribution in [1.82, 2.24) is 15.0 Å². The molecule has 18 heteroatoms. The summed E-state index contributed by atoms with van der Waals surface area (Å²) in [6.07, 6.45) is -1.16. The van der Waals surface area contributed by atoms with Crippen molar-refractivity contribution in [3.8, 4) is 5.75 Å². The molecule has 0 amide bonds. The van der Waals surface area contributed by atoms with Crippen LogP contribution in [0, 0.1) is 5.41 Å². The first kappa shape index (κ1) is 58.7. The number of carbonyl (C=O) groups excluding carboxylic acids is 1. The molecule has 18 nitrogen and oxygen atoms in total. The lowest BCUT2D eigenvalue weighted by molar-refractivity contribution is -0.375. The summed E-state index contributed by atoms with van der Waals surface area (Å²) in [7, 11) is 0. The van der Waals surface area contributed by atoms with Crippen molar-refractivity contribution in [3.05, 3.63) is 40.7 Å². The van der Waals surface area contributed by atoms with Crippen molar-refractivity contribution >= 4 is 5.97 Å². The van der Waals surface area contributed by atoms with Gasteiger partial charge in [-0.1, -0.05) is 138 Å². The molecule has 7 N–H and O–H groups in total. The third-order valence-corrected chi connectivity index (χ3v) is 12.8. The highest BCUT2D eigenvalue weighted by Crippen LogP contribution is 2.38. The van der Waals surface area contributed by atoms with Crippen LogP contribution < -0.4 is 0 Å². The van der Waals surface area contributed by atoms with E-state index >= 15 is 0 Å². The number of nitrogens with zero attached hydrogens (tertiary/aromatic N) is 3. The van der Waals surface area contributed by atoms with Crippen LogP contribution in [0.25, 0.3) is 0 Å². The third kappa shape index (κ3) is 18.0. The predicted octanol–water partition coefficient (Wildman–Crippen LogP) is 5.34. The first-order valence-electron chi connectivity index (χ1n) is 25.3. The van der Waals surface area contributed by atoms with E-state index in [9.17, 15) is 40.5 Å². The Bertz CT molecular complexity index is 1780. The average Bonchev–Trinajstić information content (AvgIpc) is 3.74. The molecule has 1 aromatic heterocycles. The summed E-state index contributed by atoms with van der Waals surface area (Å²) in [6.45, 7) is 20.1. The van der Waals surface area contributed by atoms with Crippen LogP contribution in [0.1, 0.15) is 167 Å². The second-order valence-electron chi connectivity index (χ2n) is 21.6. The second kappa shape index (κ2) is 27.8. The van der Waals surface area contributed by atoms with Crippen molar-refractivity contribution in [2.75, 3.05) is 39.6 Å². The van der Waals surface area contributed by atoms with Gasteiger partial charge in [0.15, 0.2) is 12.6 Å². The maximum Gasteiger partial charge on any atom is 0.342 e. The minimum Gasteiger partial charge on any atom is -0.507 e. The molecule has 0 aliphatic carbocycles. The maximum absolute atomic E-state index is 13.5. The monoisotopic (exact) mass is 982 g/mol. The Balaban J connectivity index is 1.34. The molecule has 0 bridgehead atoms. The molecule has 2 aromatic rings. The first-order chi connectivity index (χ1) is 32.6. The third-order valence-electron chi connectivity index (χ3n) is 12.8. The van der Waals surface area contributed by atoms with E-state index in [-0.39, 0.29) is 29.9 Å². The average molecular weight is 982 g/mol. The second-order valence-corrected chi connectivity index (χ2v) is 21.6. The van der Waals surface area contributed by atoms with Crippen LogP contribution in [0.2, 0.25) is 0 Å². The first-order valence-corrected chi connectivity index (χ1v) is 25.3. The van der Waals surface area contributed by atoms with Crippen molar-refractivity contribution in [2.24, 2.45) is 5.41 Å². The number of hydrogen-bond acceptors (Lipinski definition) is 17. The Hall–Kier alpha value is -2.85. The van der Waals surface area contributed by atoms with Gasteiger partial charge >= 0.3 is 5.97 Å². The van der Waals surface area contributed by atoms with Crippen LogP contribution in [-0.4, -0.2) is 158 Å². The summed E-state index contributed by atoms with van der Waals surface area (Å²) < 4.78 is 42.7. The molecule has 0 spiro atoms. The highest BCUT2D eigenvalue weighted by molar-refractivity contribution is 5.93. The standard InChI is InChI=1S/C51H87N3O15/c1-10-12-14-16-18-20-22-63-30-51(9,31-64-23-21-19-17-15-13-11-2)32-65-28-34-26-54(53-52-34)27-37-40(56)42(58)44(60)47(67-37)69-48-45(61)43(59)41(57)38(68-48)29-66-46(62)35-24-33(49(3,4)5)25-36(39(35)55)50(6,7)8/h24-26,37-38,40-45,47-48,55-61H,10-23,27-32H2,1-9H3/t37-,38-,40-,41-,42+,43+,44-,45-,47-,48-/m1/s1. The van der Waals surface area contributed by atoms with E-state index in [0.717, 1.165) is 31.2 Å². The normalized spacial score (nSPS) is 25.8. The molecule has 2 aliphatic rings. The molecule has 0 saturated carbocycles. The quantitative estimate of drug-likeness (QED) is 0.0401. The van der Waals surface area contributed by atoms with Gasteiger partial charge in [-0.05, 0) is 35.3 Å². The molecule has 3 heterocycles. The zero-order valence-electron chi connectivity index (χ0n) is 42.9. The van der Waals surface area contributed by atoms with Crippen molar-refractivity contribution in [3.63, 3.8) is 0 Å². The Kier molecular flexibility index (Phi) is 23.7.